The summed E-state index contributed by atoms with van der Waals surface area (Å²) in [6, 6.07) is 5.52. The van der Waals surface area contributed by atoms with Gasteiger partial charge < -0.3 is 54.0 Å². The number of fused-ring (bicyclic) bond motifs is 5. The Morgan fingerprint density at radius 1 is 1.08 bits per heavy atom. The van der Waals surface area contributed by atoms with E-state index < -0.39 is 82.8 Å². The van der Waals surface area contributed by atoms with E-state index in [1.54, 1.807) is 45.9 Å². The molecule has 2 bridgehead atoms. The Balaban J connectivity index is 1.78. The summed E-state index contributed by atoms with van der Waals surface area (Å²) in [5.41, 5.74) is -1.09. The fourth-order valence-corrected chi connectivity index (χ4v) is 8.95. The van der Waals surface area contributed by atoms with Crippen LogP contribution in [-0.2, 0) is 39.8 Å². The molecular formula is C43H67N3O13. The number of benzene rings is 1. The van der Waals surface area contributed by atoms with E-state index in [0.717, 1.165) is 5.57 Å². The molecule has 3 heterocycles. The number of alkyl carbamates (subject to hydrolysis) is 1. The minimum absolute atomic E-state index is 0.0125. The summed E-state index contributed by atoms with van der Waals surface area (Å²) in [5.74, 6) is -3.47. The summed E-state index contributed by atoms with van der Waals surface area (Å²) < 4.78 is 38.0. The highest BCUT2D eigenvalue weighted by molar-refractivity contribution is 5.73. The predicted octanol–water partition coefficient (Wildman–Crippen LogP) is 4.67. The first kappa shape index (κ1) is 48.2. The van der Waals surface area contributed by atoms with Crippen LogP contribution in [0.3, 0.4) is 0 Å². The molecule has 1 amide bonds. The molecule has 59 heavy (non-hydrogen) atoms. The maximum absolute atomic E-state index is 13.9. The molecule has 3 aliphatic heterocycles. The number of cyclic esters (lactones) is 1. The number of rotatable bonds is 9. The molecular weight excluding hydrogens is 766 g/mol. The summed E-state index contributed by atoms with van der Waals surface area (Å²) in [7, 11) is 3.76. The first-order valence-corrected chi connectivity index (χ1v) is 20.6. The van der Waals surface area contributed by atoms with Gasteiger partial charge in [-0.2, -0.15) is 0 Å². The van der Waals surface area contributed by atoms with Gasteiger partial charge >= 0.3 is 12.1 Å². The second-order valence-electron chi connectivity index (χ2n) is 17.4. The van der Waals surface area contributed by atoms with Crippen LogP contribution >= 0.6 is 0 Å². The number of ether oxygens (including phenoxy) is 6. The monoisotopic (exact) mass is 833 g/mol. The smallest absolute Gasteiger partial charge is 0.407 e. The molecule has 4 N–H and O–H groups in total. The number of carbonyl (C=O) groups excluding carboxylic acids is 2. The number of hydrogen-bond donors (Lipinski definition) is 4. The molecule has 0 aliphatic carbocycles. The number of nitrogens with one attached hydrogen (secondary N) is 1. The number of nitro groups is 1. The molecule has 0 saturated carbocycles. The highest BCUT2D eigenvalue weighted by Gasteiger charge is 2.52. The summed E-state index contributed by atoms with van der Waals surface area (Å²) >= 11 is 0. The first-order valence-electron chi connectivity index (χ1n) is 20.6. The normalized spacial score (nSPS) is 38.4. The van der Waals surface area contributed by atoms with Crippen molar-refractivity contribution in [3.63, 3.8) is 0 Å². The van der Waals surface area contributed by atoms with E-state index >= 15 is 0 Å². The quantitative estimate of drug-likeness (QED) is 0.115. The molecule has 16 heteroatoms. The lowest BCUT2D eigenvalue weighted by Crippen LogP contribution is -2.60. The Labute approximate surface area is 348 Å². The van der Waals surface area contributed by atoms with Gasteiger partial charge in [0.25, 0.3) is 5.69 Å². The molecule has 0 radical (unpaired) electrons. The van der Waals surface area contributed by atoms with E-state index in [0.29, 0.717) is 17.6 Å². The van der Waals surface area contributed by atoms with Crippen molar-refractivity contribution in [1.82, 2.24) is 10.2 Å². The van der Waals surface area contributed by atoms with Gasteiger partial charge in [0.2, 0.25) is 0 Å². The van der Waals surface area contributed by atoms with Crippen LogP contribution in [0.2, 0.25) is 0 Å². The number of aliphatic hydroxyl groups is 3. The molecule has 2 unspecified atom stereocenters. The van der Waals surface area contributed by atoms with Gasteiger partial charge in [-0.1, -0.05) is 52.0 Å². The van der Waals surface area contributed by atoms with E-state index in [4.69, 9.17) is 28.4 Å². The van der Waals surface area contributed by atoms with E-state index in [-0.39, 0.29) is 63.0 Å². The van der Waals surface area contributed by atoms with Crippen molar-refractivity contribution in [3.8, 4) is 0 Å². The molecule has 1 aromatic rings. The zero-order valence-corrected chi connectivity index (χ0v) is 36.3. The standard InChI is InChI=1S/C43H67N3O13/c1-12-34-43(9,51)38-27(5)32(17-18-54-41(50)44-21-30-13-15-31(16-14-30)46(52)53)25(3)20-42(8,56-23-24(2)22-55-38)37(28(6)35(47)29(7)39(49)58-34)59-40-36(48)33(45(10)11)19-26(4)57-40/h13-17,25-29,33-38,40,47-48,51H,2,12,18-23H2,1,3-11H3,(H,44,50)/b32-17+/t25-,26-,27+,28+,29-,33+,34-,35+,36-,37-,38?,40?,42-,43-/m1/s1. The predicted molar refractivity (Wildman–Crippen MR) is 218 cm³/mol. The van der Waals surface area contributed by atoms with E-state index in [1.165, 1.54) is 12.1 Å². The number of non-ortho nitro benzene ring substituents is 1. The van der Waals surface area contributed by atoms with Crippen molar-refractivity contribution >= 4 is 17.7 Å². The van der Waals surface area contributed by atoms with Crippen molar-refractivity contribution < 1.29 is 58.3 Å². The van der Waals surface area contributed by atoms with Crippen LogP contribution in [0.1, 0.15) is 80.2 Å². The second kappa shape index (κ2) is 20.4. The third-order valence-corrected chi connectivity index (χ3v) is 12.4. The van der Waals surface area contributed by atoms with Crippen LogP contribution in [0.4, 0.5) is 10.5 Å². The third-order valence-electron chi connectivity index (χ3n) is 12.4. The number of nitro benzene ring substituents is 1. The van der Waals surface area contributed by atoms with Crippen molar-refractivity contribution in [2.24, 2.45) is 23.7 Å². The highest BCUT2D eigenvalue weighted by atomic mass is 16.7. The van der Waals surface area contributed by atoms with Crippen LogP contribution in [0, 0.1) is 33.8 Å². The lowest BCUT2D eigenvalue weighted by atomic mass is 9.72. The highest BCUT2D eigenvalue weighted by Crippen LogP contribution is 2.43. The summed E-state index contributed by atoms with van der Waals surface area (Å²) in [5, 5.41) is 49.7. The van der Waals surface area contributed by atoms with Crippen molar-refractivity contribution in [2.45, 2.75) is 141 Å². The first-order chi connectivity index (χ1) is 27.6. The number of carbonyl (C=O) groups is 2. The Morgan fingerprint density at radius 3 is 2.36 bits per heavy atom. The fraction of sp³-hybridized carbons (Fsp3) is 0.721. The molecule has 0 aromatic heterocycles. The Morgan fingerprint density at radius 2 is 1.75 bits per heavy atom. The number of likely N-dealkylation sites (N-methyl/N-ethyl adjacent to an activating group) is 1. The maximum Gasteiger partial charge on any atom is 0.407 e. The van der Waals surface area contributed by atoms with Gasteiger partial charge in [0.05, 0.1) is 54.1 Å². The number of hydrogen-bond acceptors (Lipinski definition) is 14. The molecule has 3 fully saturated rings. The van der Waals surface area contributed by atoms with E-state index in [2.05, 4.69) is 11.9 Å². The molecule has 4 rings (SSSR count). The molecule has 1 aromatic carbocycles. The average Bonchev–Trinajstić information content (AvgIpc) is 3.19. The molecule has 14 atom stereocenters. The number of nitrogens with zero attached hydrogens (tertiary/aromatic N) is 2. The van der Waals surface area contributed by atoms with Gasteiger partial charge in [0.15, 0.2) is 6.29 Å². The molecule has 16 nitrogen and oxygen atoms in total. The van der Waals surface area contributed by atoms with Gasteiger partial charge in [-0.05, 0) is 84.2 Å². The van der Waals surface area contributed by atoms with Crippen LogP contribution in [0.5, 0.6) is 0 Å². The van der Waals surface area contributed by atoms with Crippen molar-refractivity contribution in [2.75, 3.05) is 33.9 Å². The van der Waals surface area contributed by atoms with E-state index in [9.17, 15) is 35.0 Å². The topological polar surface area (TPSA) is 209 Å². The second-order valence-corrected chi connectivity index (χ2v) is 17.4. The van der Waals surface area contributed by atoms with Gasteiger partial charge in [0, 0.05) is 36.6 Å². The fourth-order valence-electron chi connectivity index (χ4n) is 8.95. The Kier molecular flexibility index (Phi) is 16.7. The van der Waals surface area contributed by atoms with Gasteiger partial charge in [-0.15, -0.1) is 0 Å². The lowest BCUT2D eigenvalue weighted by molar-refractivity contribution is -0.384. The largest absolute Gasteiger partial charge is 0.459 e. The van der Waals surface area contributed by atoms with Crippen molar-refractivity contribution in [1.29, 1.82) is 0 Å². The van der Waals surface area contributed by atoms with Crippen molar-refractivity contribution in [3.05, 3.63) is 63.7 Å². The molecule has 332 valence electrons. The summed E-state index contributed by atoms with van der Waals surface area (Å²) in [4.78, 5) is 39.2. The van der Waals surface area contributed by atoms with Gasteiger partial charge in [0.1, 0.15) is 24.4 Å². The number of aliphatic hydroxyl groups excluding tert-OH is 2. The molecule has 0 spiro atoms. The summed E-state index contributed by atoms with van der Waals surface area (Å²) in [6.45, 7) is 18.5. The Bertz CT molecular complexity index is 1640. The minimum atomic E-state index is -1.75. The zero-order chi connectivity index (χ0) is 44.0. The van der Waals surface area contributed by atoms with Gasteiger partial charge in [-0.25, -0.2) is 4.79 Å². The number of esters is 1. The lowest BCUT2D eigenvalue weighted by Gasteiger charge is -2.48. The third kappa shape index (κ3) is 11.7. The zero-order valence-electron chi connectivity index (χ0n) is 36.3. The molecule has 3 saturated heterocycles. The van der Waals surface area contributed by atoms with Crippen LogP contribution in [0.15, 0.2) is 48.1 Å². The van der Waals surface area contributed by atoms with Gasteiger partial charge in [-0.3, -0.25) is 14.9 Å². The van der Waals surface area contributed by atoms with E-state index in [1.807, 2.05) is 46.7 Å². The summed E-state index contributed by atoms with van der Waals surface area (Å²) in [6.07, 6.45) is -4.61. The maximum atomic E-state index is 13.9. The van der Waals surface area contributed by atoms with Crippen LogP contribution in [0.25, 0.3) is 0 Å². The SMILES string of the molecule is C=C1COC2[C@@H](C)/C(=C/COC(=O)NCc3ccc([N+](=O)[O-])cc3)[C@H](C)C[C@@](C)(OC1)[C@H](OC1O[C@H](C)C[C@H](N(C)C)[C@H]1O)[C@@H](C)[C@H](O)[C@@H](C)C(=O)O[C@H](CC)[C@@]2(C)O. The average molecular weight is 834 g/mol. The van der Waals surface area contributed by atoms with Crippen LogP contribution in [-0.4, -0.2) is 131 Å². The Hall–Kier alpha value is -3.48. The van der Waals surface area contributed by atoms with Crippen LogP contribution < -0.4 is 5.32 Å². The minimum Gasteiger partial charge on any atom is -0.459 e. The molecule has 3 aliphatic rings. The number of amides is 1.